The number of nitriles is 1. The van der Waals surface area contributed by atoms with E-state index in [0.29, 0.717) is 45.0 Å². The lowest BCUT2D eigenvalue weighted by atomic mass is 9.93. The topological polar surface area (TPSA) is 270 Å². The molecule has 0 fully saturated rings. The molecule has 2 heterocycles. The summed E-state index contributed by atoms with van der Waals surface area (Å²) in [6.07, 6.45) is 5.46. The van der Waals surface area contributed by atoms with Crippen LogP contribution in [-0.2, 0) is 32.0 Å². The monoisotopic (exact) mass is 890 g/mol. The molecule has 0 spiro atoms. The Labute approximate surface area is 380 Å². The molecule has 0 radical (unpaired) electrons. The number of nitrogens with one attached hydrogen (secondary N) is 4. The standard InChI is InChI=1S/C48H62N10O7/c1-5-6-7-8-9-31-10-13-38-34(24-31)28-35(29(2)54-38)45(60)56-39(16-17-49)48(63)58(4)43-33-12-15-42(65-23-20-52)37(27-33)36-25-32(11-14-41(36)64-22-19-51)26-40(46(61)53-21-18-50)57-44(59)30(3)55-47(43)62/h10-15,24-25,27-28,30,39-40,43H,5-9,16-17,19-23,26,49,51-52H2,1-4H3,(H,53,61)(H,55,62)(H,56,60)(H,57,59). The molecule has 4 aromatic rings. The number of ether oxygens (including phenoxy) is 2. The normalized spacial score (nSPS) is 16.6. The Morgan fingerprint density at radius 3 is 2.29 bits per heavy atom. The summed E-state index contributed by atoms with van der Waals surface area (Å²) in [4.78, 5) is 76.4. The fourth-order valence-corrected chi connectivity index (χ4v) is 7.83. The molecule has 0 saturated carbocycles. The summed E-state index contributed by atoms with van der Waals surface area (Å²) in [6.45, 7) is 5.79. The van der Waals surface area contributed by atoms with E-state index in [0.717, 1.165) is 42.1 Å². The average Bonchev–Trinajstić information content (AvgIpc) is 3.29. The van der Waals surface area contributed by atoms with Crippen LogP contribution in [0.4, 0.5) is 0 Å². The fraction of sp³-hybridized carbons (Fsp3) is 0.438. The summed E-state index contributed by atoms with van der Waals surface area (Å²) in [7, 11) is 1.44. The summed E-state index contributed by atoms with van der Waals surface area (Å²) in [5, 5.41) is 20.8. The zero-order valence-corrected chi connectivity index (χ0v) is 37.7. The molecule has 4 bridgehead atoms. The smallest absolute Gasteiger partial charge is 0.253 e. The first-order valence-corrected chi connectivity index (χ1v) is 22.2. The van der Waals surface area contributed by atoms with Gasteiger partial charge in [-0.05, 0) is 98.8 Å². The molecule has 5 amide bonds. The molecular formula is C48H62N10O7. The van der Waals surface area contributed by atoms with Gasteiger partial charge in [0.2, 0.25) is 23.6 Å². The van der Waals surface area contributed by atoms with Gasteiger partial charge in [0, 0.05) is 43.1 Å². The van der Waals surface area contributed by atoms with Crippen LogP contribution in [0.3, 0.4) is 0 Å². The van der Waals surface area contributed by atoms with Gasteiger partial charge in [0.05, 0.1) is 22.8 Å². The van der Waals surface area contributed by atoms with E-state index in [1.807, 2.05) is 18.2 Å². The summed E-state index contributed by atoms with van der Waals surface area (Å²) in [5.74, 6) is -2.41. The predicted molar refractivity (Wildman–Crippen MR) is 248 cm³/mol. The third kappa shape index (κ3) is 12.8. The molecular weight excluding hydrogens is 829 g/mol. The molecule has 17 heteroatoms. The van der Waals surface area contributed by atoms with Gasteiger partial charge in [-0.15, -0.1) is 0 Å². The number of carbonyl (C=O) groups excluding carboxylic acids is 5. The molecule has 4 atom stereocenters. The minimum Gasteiger partial charge on any atom is -0.492 e. The second-order valence-electron chi connectivity index (χ2n) is 16.1. The first-order valence-electron chi connectivity index (χ1n) is 22.2. The Morgan fingerprint density at radius 2 is 1.62 bits per heavy atom. The Kier molecular flexibility index (Phi) is 18.2. The molecule has 5 rings (SSSR count). The average molecular weight is 891 g/mol. The van der Waals surface area contributed by atoms with Crippen LogP contribution < -0.4 is 47.9 Å². The minimum atomic E-state index is -1.38. The number of nitrogens with zero attached hydrogens (tertiary/aromatic N) is 3. The summed E-state index contributed by atoms with van der Waals surface area (Å²) in [5.41, 5.74) is 22.3. The number of amides is 5. The van der Waals surface area contributed by atoms with Crippen LogP contribution in [0.15, 0.2) is 60.7 Å². The summed E-state index contributed by atoms with van der Waals surface area (Å²) in [6, 6.07) is 15.0. The lowest BCUT2D eigenvalue weighted by molar-refractivity contribution is -0.141. The number of pyridine rings is 1. The first-order chi connectivity index (χ1) is 31.3. The highest BCUT2D eigenvalue weighted by Crippen LogP contribution is 2.40. The van der Waals surface area contributed by atoms with Gasteiger partial charge in [-0.25, -0.2) is 0 Å². The largest absolute Gasteiger partial charge is 0.492 e. The fourth-order valence-electron chi connectivity index (χ4n) is 7.83. The van der Waals surface area contributed by atoms with Gasteiger partial charge in [0.15, 0.2) is 0 Å². The Morgan fingerprint density at radius 1 is 0.908 bits per heavy atom. The van der Waals surface area contributed by atoms with Crippen LogP contribution in [0.25, 0.3) is 22.0 Å². The van der Waals surface area contributed by atoms with Crippen molar-refractivity contribution in [1.82, 2.24) is 31.2 Å². The summed E-state index contributed by atoms with van der Waals surface area (Å²) < 4.78 is 12.2. The molecule has 65 heavy (non-hydrogen) atoms. The molecule has 1 aromatic heterocycles. The van der Waals surface area contributed by atoms with E-state index in [1.54, 1.807) is 49.4 Å². The number of unbranched alkanes of at least 4 members (excludes halogenated alkanes) is 3. The van der Waals surface area contributed by atoms with Gasteiger partial charge in [-0.2, -0.15) is 5.26 Å². The maximum atomic E-state index is 14.7. The molecule has 17 nitrogen and oxygen atoms in total. The quantitative estimate of drug-likeness (QED) is 0.0529. The van der Waals surface area contributed by atoms with Crippen molar-refractivity contribution in [3.63, 3.8) is 0 Å². The minimum absolute atomic E-state index is 0.00951. The molecule has 10 N–H and O–H groups in total. The molecule has 0 aliphatic carbocycles. The van der Waals surface area contributed by atoms with E-state index in [1.165, 1.54) is 25.3 Å². The number of fused-ring (bicyclic) bond motifs is 6. The van der Waals surface area contributed by atoms with Gasteiger partial charge < -0.3 is 52.8 Å². The van der Waals surface area contributed by atoms with Crippen molar-refractivity contribution >= 4 is 40.4 Å². The number of rotatable bonds is 19. The maximum Gasteiger partial charge on any atom is 0.253 e. The lowest BCUT2D eigenvalue weighted by Gasteiger charge is -2.32. The number of hydrogen-bond acceptors (Lipinski definition) is 12. The highest BCUT2D eigenvalue weighted by Gasteiger charge is 2.36. The predicted octanol–water partition coefficient (Wildman–Crippen LogP) is 2.84. The van der Waals surface area contributed by atoms with Crippen LogP contribution in [0.2, 0.25) is 0 Å². The third-order valence-electron chi connectivity index (χ3n) is 11.2. The van der Waals surface area contributed by atoms with Crippen molar-refractivity contribution in [3.05, 3.63) is 88.6 Å². The number of benzene rings is 3. The lowest BCUT2D eigenvalue weighted by Crippen LogP contribution is -2.56. The van der Waals surface area contributed by atoms with Crippen molar-refractivity contribution in [2.45, 2.75) is 89.9 Å². The Balaban J connectivity index is 1.57. The van der Waals surface area contributed by atoms with Crippen LogP contribution in [0.5, 0.6) is 11.5 Å². The van der Waals surface area contributed by atoms with E-state index < -0.39 is 53.7 Å². The van der Waals surface area contributed by atoms with Crippen molar-refractivity contribution in [2.24, 2.45) is 17.2 Å². The van der Waals surface area contributed by atoms with Crippen LogP contribution >= 0.6 is 0 Å². The van der Waals surface area contributed by atoms with Gasteiger partial charge in [0.25, 0.3) is 5.91 Å². The van der Waals surface area contributed by atoms with Crippen LogP contribution in [0.1, 0.15) is 84.7 Å². The Bertz CT molecular complexity index is 2380. The van der Waals surface area contributed by atoms with Crippen molar-refractivity contribution in [3.8, 4) is 28.7 Å². The number of nitrogens with two attached hydrogens (primary N) is 3. The van der Waals surface area contributed by atoms with Crippen molar-refractivity contribution in [2.75, 3.05) is 46.4 Å². The molecule has 3 aromatic carbocycles. The molecule has 1 aliphatic heterocycles. The zero-order valence-electron chi connectivity index (χ0n) is 37.7. The van der Waals surface area contributed by atoms with E-state index in [2.05, 4.69) is 34.3 Å². The second kappa shape index (κ2) is 23.9. The number of aryl methyl sites for hydroxylation is 2. The number of likely N-dealkylation sites (N-methyl/N-ethyl adjacent to an activating group) is 1. The van der Waals surface area contributed by atoms with Gasteiger partial charge in [0.1, 0.15) is 55.4 Å². The zero-order chi connectivity index (χ0) is 47.0. The van der Waals surface area contributed by atoms with Crippen molar-refractivity contribution < 1.29 is 33.4 Å². The van der Waals surface area contributed by atoms with Gasteiger partial charge >= 0.3 is 0 Å². The van der Waals surface area contributed by atoms with E-state index >= 15 is 0 Å². The molecule has 346 valence electrons. The van der Waals surface area contributed by atoms with Gasteiger partial charge in [-0.1, -0.05) is 44.4 Å². The first kappa shape index (κ1) is 49.4. The molecule has 1 aliphatic rings. The number of hydrogen-bond donors (Lipinski definition) is 7. The van der Waals surface area contributed by atoms with Crippen LogP contribution in [-0.4, -0.2) is 104 Å². The summed E-state index contributed by atoms with van der Waals surface area (Å²) >= 11 is 0. The number of carbonyl (C=O) groups is 5. The van der Waals surface area contributed by atoms with Crippen LogP contribution in [0, 0.1) is 18.3 Å². The second-order valence-corrected chi connectivity index (χ2v) is 16.1. The Hall–Kier alpha value is -6.61. The highest BCUT2D eigenvalue weighted by atomic mass is 16.5. The van der Waals surface area contributed by atoms with Gasteiger partial charge in [-0.3, -0.25) is 29.0 Å². The third-order valence-corrected chi connectivity index (χ3v) is 11.2. The van der Waals surface area contributed by atoms with Crippen molar-refractivity contribution in [1.29, 1.82) is 5.26 Å². The van der Waals surface area contributed by atoms with E-state index in [-0.39, 0.29) is 52.2 Å². The van der Waals surface area contributed by atoms with E-state index in [4.69, 9.17) is 36.9 Å². The number of aromatic nitrogens is 1. The maximum absolute atomic E-state index is 14.7. The molecule has 4 unspecified atom stereocenters. The van der Waals surface area contributed by atoms with E-state index in [9.17, 15) is 24.0 Å². The molecule has 0 saturated heterocycles. The SMILES string of the molecule is CCCCCCc1ccc2nc(C)c(C(=O)NC(CCN)C(=O)N(C)C3C(=O)NC(C)C(=O)NC(C(=O)NCC#N)Cc4ccc(OCCN)c(c4)-c4cc3ccc4OCCN)cc2c1. The highest BCUT2D eigenvalue weighted by molar-refractivity contribution is 6.02.